The van der Waals surface area contributed by atoms with E-state index in [0.717, 1.165) is 5.52 Å². The van der Waals surface area contributed by atoms with Crippen LogP contribution in [0.5, 0.6) is 0 Å². The minimum absolute atomic E-state index is 0.297. The fraction of sp³-hybridized carbons (Fsp3) is 0.364. The number of rotatable bonds is 3. The summed E-state index contributed by atoms with van der Waals surface area (Å²) in [5, 5.41) is 9.81. The summed E-state index contributed by atoms with van der Waals surface area (Å²) in [5.41, 5.74) is 7.14. The van der Waals surface area contributed by atoms with Gasteiger partial charge in [0, 0.05) is 6.04 Å². The molecule has 2 aromatic rings. The fourth-order valence-corrected chi connectivity index (χ4v) is 1.42. The second-order valence-corrected chi connectivity index (χ2v) is 3.54. The van der Waals surface area contributed by atoms with Gasteiger partial charge in [0.2, 0.25) is 5.89 Å². The Kier molecular flexibility index (Phi) is 2.70. The zero-order valence-electron chi connectivity index (χ0n) is 8.55. The number of fused-ring (bicyclic) bond motifs is 1. The molecule has 0 saturated heterocycles. The van der Waals surface area contributed by atoms with Gasteiger partial charge in [-0.05, 0) is 18.6 Å². The van der Waals surface area contributed by atoms with Gasteiger partial charge in [-0.3, -0.25) is 0 Å². The van der Waals surface area contributed by atoms with Crippen LogP contribution in [0.4, 0.5) is 0 Å². The van der Waals surface area contributed by atoms with Gasteiger partial charge in [-0.25, -0.2) is 4.98 Å². The van der Waals surface area contributed by atoms with Gasteiger partial charge in [0.25, 0.3) is 0 Å². The van der Waals surface area contributed by atoms with Crippen LogP contribution in [0, 0.1) is 0 Å². The molecule has 4 nitrogen and oxygen atoms in total. The van der Waals surface area contributed by atoms with Crippen LogP contribution in [0.3, 0.4) is 0 Å². The molecule has 15 heavy (non-hydrogen) atoms. The van der Waals surface area contributed by atoms with Gasteiger partial charge in [0.05, 0.1) is 0 Å². The van der Waals surface area contributed by atoms with Crippen molar-refractivity contribution in [1.29, 1.82) is 0 Å². The summed E-state index contributed by atoms with van der Waals surface area (Å²) in [6.45, 7) is 1.91. The van der Waals surface area contributed by atoms with Crippen molar-refractivity contribution in [1.82, 2.24) is 4.98 Å². The molecule has 0 spiro atoms. The minimum Gasteiger partial charge on any atom is -0.438 e. The summed E-state index contributed by atoms with van der Waals surface area (Å²) >= 11 is 0. The second kappa shape index (κ2) is 4.00. The molecule has 0 amide bonds. The average molecular weight is 206 g/mol. The lowest BCUT2D eigenvalue weighted by Crippen LogP contribution is -2.27. The first-order chi connectivity index (χ1) is 7.22. The van der Waals surface area contributed by atoms with Gasteiger partial charge >= 0.3 is 0 Å². The van der Waals surface area contributed by atoms with Crippen LogP contribution in [-0.2, 0) is 0 Å². The van der Waals surface area contributed by atoms with Gasteiger partial charge in [0.15, 0.2) is 5.58 Å². The summed E-state index contributed by atoms with van der Waals surface area (Å²) in [5.74, 6) is 0.297. The van der Waals surface area contributed by atoms with Crippen LogP contribution in [0.1, 0.15) is 25.3 Å². The van der Waals surface area contributed by atoms with E-state index in [0.29, 0.717) is 17.9 Å². The van der Waals surface area contributed by atoms with Crippen molar-refractivity contribution in [3.8, 4) is 0 Å². The van der Waals surface area contributed by atoms with Crippen molar-refractivity contribution >= 4 is 11.1 Å². The Morgan fingerprint density at radius 2 is 2.20 bits per heavy atom. The van der Waals surface area contributed by atoms with E-state index in [9.17, 15) is 5.11 Å². The average Bonchev–Trinajstić information content (AvgIpc) is 2.70. The van der Waals surface area contributed by atoms with Crippen LogP contribution >= 0.6 is 0 Å². The number of nitrogens with zero attached hydrogens (tertiary/aromatic N) is 1. The van der Waals surface area contributed by atoms with Crippen LogP contribution in [-0.4, -0.2) is 16.1 Å². The molecule has 80 valence electrons. The molecule has 2 atom stereocenters. The smallest absolute Gasteiger partial charge is 0.225 e. The maximum absolute atomic E-state index is 9.81. The van der Waals surface area contributed by atoms with Crippen LogP contribution in [0.2, 0.25) is 0 Å². The monoisotopic (exact) mass is 206 g/mol. The number of benzene rings is 1. The molecule has 1 aromatic heterocycles. The largest absolute Gasteiger partial charge is 0.438 e. The van der Waals surface area contributed by atoms with E-state index in [4.69, 9.17) is 10.2 Å². The highest BCUT2D eigenvalue weighted by atomic mass is 16.4. The molecule has 0 radical (unpaired) electrons. The highest BCUT2D eigenvalue weighted by Gasteiger charge is 2.20. The van der Waals surface area contributed by atoms with E-state index in [2.05, 4.69) is 4.98 Å². The van der Waals surface area contributed by atoms with Crippen molar-refractivity contribution in [3.63, 3.8) is 0 Å². The van der Waals surface area contributed by atoms with E-state index in [1.807, 2.05) is 31.2 Å². The summed E-state index contributed by atoms with van der Waals surface area (Å²) < 4.78 is 5.41. The molecule has 0 saturated carbocycles. The van der Waals surface area contributed by atoms with E-state index >= 15 is 0 Å². The van der Waals surface area contributed by atoms with Crippen molar-refractivity contribution in [2.45, 2.75) is 25.5 Å². The lowest BCUT2D eigenvalue weighted by molar-refractivity contribution is 0.116. The predicted octanol–water partition coefficient (Wildman–Crippen LogP) is 1.60. The molecule has 2 rings (SSSR count). The minimum atomic E-state index is -0.831. The Labute approximate surface area is 87.7 Å². The molecule has 1 heterocycles. The number of hydrogen-bond acceptors (Lipinski definition) is 4. The SMILES string of the molecule is CC[C@@H](N)[C@H](O)c1nc2ccccc2o1. The molecule has 0 aliphatic rings. The van der Waals surface area contributed by atoms with Crippen molar-refractivity contribution in [2.75, 3.05) is 0 Å². The maximum atomic E-state index is 9.81. The topological polar surface area (TPSA) is 72.3 Å². The first-order valence-corrected chi connectivity index (χ1v) is 5.01. The number of aromatic nitrogens is 1. The van der Waals surface area contributed by atoms with Gasteiger partial charge in [-0.2, -0.15) is 0 Å². The second-order valence-electron chi connectivity index (χ2n) is 3.54. The Morgan fingerprint density at radius 1 is 1.47 bits per heavy atom. The maximum Gasteiger partial charge on any atom is 0.225 e. The van der Waals surface area contributed by atoms with Gasteiger partial charge in [-0.15, -0.1) is 0 Å². The normalized spacial score (nSPS) is 15.4. The molecule has 0 aliphatic carbocycles. The Bertz CT molecular complexity index is 420. The van der Waals surface area contributed by atoms with Crippen LogP contribution in [0.15, 0.2) is 28.7 Å². The zero-order chi connectivity index (χ0) is 10.8. The molecular formula is C11H14N2O2. The van der Waals surface area contributed by atoms with Gasteiger partial charge in [-0.1, -0.05) is 19.1 Å². The molecule has 3 N–H and O–H groups in total. The summed E-state index contributed by atoms with van der Waals surface area (Å²) in [7, 11) is 0. The number of hydrogen-bond donors (Lipinski definition) is 2. The fourth-order valence-electron chi connectivity index (χ4n) is 1.42. The third-order valence-electron chi connectivity index (χ3n) is 2.44. The van der Waals surface area contributed by atoms with E-state index < -0.39 is 6.10 Å². The van der Waals surface area contributed by atoms with E-state index in [1.54, 1.807) is 0 Å². The number of oxazole rings is 1. The van der Waals surface area contributed by atoms with Crippen molar-refractivity contribution < 1.29 is 9.52 Å². The van der Waals surface area contributed by atoms with E-state index in [-0.39, 0.29) is 6.04 Å². The molecule has 0 unspecified atom stereocenters. The number of aliphatic hydroxyl groups is 1. The van der Waals surface area contributed by atoms with Gasteiger partial charge < -0.3 is 15.3 Å². The third kappa shape index (κ3) is 1.86. The lowest BCUT2D eigenvalue weighted by Gasteiger charge is -2.12. The Morgan fingerprint density at radius 3 is 2.87 bits per heavy atom. The molecule has 1 aromatic carbocycles. The quantitative estimate of drug-likeness (QED) is 0.800. The summed E-state index contributed by atoms with van der Waals surface area (Å²) in [6.07, 6.45) is -0.151. The van der Waals surface area contributed by atoms with Gasteiger partial charge in [0.1, 0.15) is 11.6 Å². The highest BCUT2D eigenvalue weighted by molar-refractivity contribution is 5.72. The summed E-state index contributed by atoms with van der Waals surface area (Å²) in [6, 6.07) is 7.06. The van der Waals surface area contributed by atoms with Crippen molar-refractivity contribution in [3.05, 3.63) is 30.2 Å². The number of nitrogens with two attached hydrogens (primary N) is 1. The van der Waals surface area contributed by atoms with Crippen LogP contribution < -0.4 is 5.73 Å². The highest BCUT2D eigenvalue weighted by Crippen LogP contribution is 2.22. The molecule has 0 bridgehead atoms. The standard InChI is InChI=1S/C11H14N2O2/c1-2-7(12)10(14)11-13-8-5-3-4-6-9(8)15-11/h3-7,10,14H,2,12H2,1H3/t7-,10+/m1/s1. The van der Waals surface area contributed by atoms with Crippen LogP contribution in [0.25, 0.3) is 11.1 Å². The Balaban J connectivity index is 2.36. The Hall–Kier alpha value is -1.39. The first-order valence-electron chi connectivity index (χ1n) is 5.01. The van der Waals surface area contributed by atoms with E-state index in [1.165, 1.54) is 0 Å². The third-order valence-corrected chi connectivity index (χ3v) is 2.44. The first kappa shape index (κ1) is 10.1. The lowest BCUT2D eigenvalue weighted by atomic mass is 10.1. The number of para-hydroxylation sites is 2. The molecule has 0 aliphatic heterocycles. The summed E-state index contributed by atoms with van der Waals surface area (Å²) in [4.78, 5) is 4.19. The molecule has 0 fully saturated rings. The number of aliphatic hydroxyl groups excluding tert-OH is 1. The molecule has 4 heteroatoms. The predicted molar refractivity (Wildman–Crippen MR) is 57.2 cm³/mol. The zero-order valence-corrected chi connectivity index (χ0v) is 8.55. The molecular weight excluding hydrogens is 192 g/mol. The van der Waals surface area contributed by atoms with Crippen molar-refractivity contribution in [2.24, 2.45) is 5.73 Å².